The van der Waals surface area contributed by atoms with Gasteiger partial charge in [-0.3, -0.25) is 9.59 Å². The molecule has 0 bridgehead atoms. The summed E-state index contributed by atoms with van der Waals surface area (Å²) < 4.78 is 12.6. The Bertz CT molecular complexity index is 1410. The molecule has 5 heterocycles. The van der Waals surface area contributed by atoms with Crippen molar-refractivity contribution in [1.29, 1.82) is 0 Å². The molecule has 2 aromatic rings. The van der Waals surface area contributed by atoms with Crippen LogP contribution in [-0.2, 0) is 38.4 Å². The number of esters is 1. The number of fused-ring (bicyclic) bond motifs is 4. The highest BCUT2D eigenvalue weighted by Crippen LogP contribution is 2.55. The quantitative estimate of drug-likeness (QED) is 0.429. The van der Waals surface area contributed by atoms with E-state index in [0.717, 1.165) is 34.6 Å². The van der Waals surface area contributed by atoms with Gasteiger partial charge in [0.05, 0.1) is 48.8 Å². The largest absolute Gasteiger partial charge is 0.506 e. The Labute approximate surface area is 215 Å². The van der Waals surface area contributed by atoms with Crippen LogP contribution in [0.3, 0.4) is 0 Å². The van der Waals surface area contributed by atoms with Gasteiger partial charge in [-0.2, -0.15) is 0 Å². The molecule has 1 aromatic carbocycles. The van der Waals surface area contributed by atoms with Gasteiger partial charge in [-0.25, -0.2) is 0 Å². The second-order valence-electron chi connectivity index (χ2n) is 10.7. The predicted molar refractivity (Wildman–Crippen MR) is 139 cm³/mol. The van der Waals surface area contributed by atoms with Gasteiger partial charge in [0.25, 0.3) is 5.56 Å². The smallest absolute Gasteiger partial charge is 0.309 e. The van der Waals surface area contributed by atoms with Crippen LogP contribution in [0.5, 0.6) is 5.75 Å². The molecule has 0 aliphatic carbocycles. The van der Waals surface area contributed by atoms with E-state index in [1.807, 2.05) is 12.1 Å². The third-order valence-electron chi connectivity index (χ3n) is 8.84. The number of pyridine rings is 1. The van der Waals surface area contributed by atoms with Crippen molar-refractivity contribution < 1.29 is 24.5 Å². The molecule has 4 aliphatic rings. The van der Waals surface area contributed by atoms with Crippen molar-refractivity contribution in [3.8, 4) is 5.75 Å². The van der Waals surface area contributed by atoms with Crippen molar-refractivity contribution in [2.75, 3.05) is 36.5 Å². The maximum atomic E-state index is 13.8. The molecule has 9 heteroatoms. The fourth-order valence-corrected chi connectivity index (χ4v) is 6.47. The number of morpholine rings is 1. The van der Waals surface area contributed by atoms with Crippen LogP contribution in [-0.4, -0.2) is 47.1 Å². The van der Waals surface area contributed by atoms with Crippen molar-refractivity contribution in [1.82, 2.24) is 4.57 Å². The number of phenols is 1. The van der Waals surface area contributed by atoms with Gasteiger partial charge in [0, 0.05) is 29.8 Å². The summed E-state index contributed by atoms with van der Waals surface area (Å²) >= 11 is 0. The summed E-state index contributed by atoms with van der Waals surface area (Å²) in [6.07, 6.45) is 0.867. The zero-order chi connectivity index (χ0) is 26.1. The van der Waals surface area contributed by atoms with Gasteiger partial charge in [0.2, 0.25) is 0 Å². The highest BCUT2D eigenvalue weighted by Gasteiger charge is 2.46. The zero-order valence-electron chi connectivity index (χ0n) is 21.5. The summed E-state index contributed by atoms with van der Waals surface area (Å²) in [5.74, 6) is -0.274. The lowest BCUT2D eigenvalue weighted by Crippen LogP contribution is -2.40. The van der Waals surface area contributed by atoms with Crippen molar-refractivity contribution in [3.63, 3.8) is 0 Å². The molecule has 2 unspecified atom stereocenters. The number of hydrogen-bond donors (Lipinski definition) is 3. The van der Waals surface area contributed by atoms with Crippen molar-refractivity contribution in [2.45, 2.75) is 64.2 Å². The monoisotopic (exact) mass is 507 g/mol. The molecule has 2 atom stereocenters. The molecule has 37 heavy (non-hydrogen) atoms. The van der Waals surface area contributed by atoms with Crippen LogP contribution in [0.1, 0.15) is 62.4 Å². The Morgan fingerprint density at radius 3 is 2.59 bits per heavy atom. The average Bonchev–Trinajstić information content (AvgIpc) is 3.22. The number of rotatable bonds is 3. The zero-order valence-corrected chi connectivity index (χ0v) is 21.5. The normalized spacial score (nSPS) is 26.5. The summed E-state index contributed by atoms with van der Waals surface area (Å²) in [6, 6.07) is 5.48. The Balaban J connectivity index is 1.54. The fraction of sp³-hybridized carbons (Fsp3) is 0.500. The van der Waals surface area contributed by atoms with E-state index in [1.165, 1.54) is 0 Å². The van der Waals surface area contributed by atoms with E-state index in [4.69, 9.17) is 9.47 Å². The van der Waals surface area contributed by atoms with Gasteiger partial charge < -0.3 is 34.5 Å². The number of aromatic hydroxyl groups is 1. The summed E-state index contributed by atoms with van der Waals surface area (Å²) in [6.45, 7) is 8.93. The van der Waals surface area contributed by atoms with E-state index in [2.05, 4.69) is 24.1 Å². The first-order valence-corrected chi connectivity index (χ1v) is 13.1. The molecular formula is C28H33N3O6. The number of ether oxygens (including phenoxy) is 2. The van der Waals surface area contributed by atoms with Crippen LogP contribution in [0.25, 0.3) is 5.70 Å². The minimum absolute atomic E-state index is 0.145. The van der Waals surface area contributed by atoms with Gasteiger partial charge in [-0.15, -0.1) is 0 Å². The maximum Gasteiger partial charge on any atom is 0.309 e. The molecule has 0 radical (unpaired) electrons. The summed E-state index contributed by atoms with van der Waals surface area (Å²) in [5.41, 5.74) is 3.99. The molecule has 1 saturated heterocycles. The lowest BCUT2D eigenvalue weighted by molar-refractivity contribution is -0.149. The van der Waals surface area contributed by atoms with Gasteiger partial charge in [-0.1, -0.05) is 20.8 Å². The topological polar surface area (TPSA) is 113 Å². The van der Waals surface area contributed by atoms with Crippen LogP contribution in [0.15, 0.2) is 28.6 Å². The summed E-state index contributed by atoms with van der Waals surface area (Å²) in [5, 5.41) is 26.0. The first-order chi connectivity index (χ1) is 17.7. The molecule has 0 saturated carbocycles. The Morgan fingerprint density at radius 2 is 1.89 bits per heavy atom. The molecule has 1 aromatic heterocycles. The van der Waals surface area contributed by atoms with Gasteiger partial charge in [0.1, 0.15) is 18.0 Å². The number of aliphatic hydroxyl groups is 1. The first-order valence-electron chi connectivity index (χ1n) is 13.1. The predicted octanol–water partition coefficient (Wildman–Crippen LogP) is 2.95. The number of carbonyl (C=O) groups excluding carboxylic acids is 1. The van der Waals surface area contributed by atoms with Crippen LogP contribution < -0.4 is 15.8 Å². The number of cyclic esters (lactones) is 1. The third-order valence-corrected chi connectivity index (χ3v) is 8.84. The van der Waals surface area contributed by atoms with Crippen molar-refractivity contribution in [2.24, 2.45) is 0 Å². The van der Waals surface area contributed by atoms with Crippen LogP contribution in [0, 0.1) is 0 Å². The number of aromatic nitrogens is 1. The van der Waals surface area contributed by atoms with E-state index >= 15 is 0 Å². The molecule has 6 rings (SSSR count). The standard InChI is InChI=1S/C28H33N3O6/c1-4-27(3)18-14-31-20(12-17-16(26(31)34)15-37-22(33)13-28(17,35)5-2)24(18)29-19-6-7-21(32)25(23(19)27)30-8-10-36-11-9-30/h6-7,12,29,32,35H,4-5,8-11,13-15H2,1-3H3. The molecule has 3 N–H and O–H groups in total. The number of phenolic OH excluding ortho intramolecular Hbond substituents is 1. The van der Waals surface area contributed by atoms with Crippen molar-refractivity contribution in [3.05, 3.63) is 56.5 Å². The number of nitrogens with one attached hydrogen (secondary N) is 1. The summed E-state index contributed by atoms with van der Waals surface area (Å²) in [7, 11) is 0. The Morgan fingerprint density at radius 1 is 1.14 bits per heavy atom. The van der Waals surface area contributed by atoms with Crippen LogP contribution in [0.4, 0.5) is 11.4 Å². The first kappa shape index (κ1) is 24.1. The lowest BCUT2D eigenvalue weighted by Gasteiger charge is -2.42. The molecule has 0 spiro atoms. The second-order valence-corrected chi connectivity index (χ2v) is 10.7. The van der Waals surface area contributed by atoms with E-state index in [-0.39, 0.29) is 30.8 Å². The van der Waals surface area contributed by atoms with Gasteiger partial charge in [-0.05, 0) is 42.2 Å². The Kier molecular flexibility index (Phi) is 5.44. The fourth-order valence-electron chi connectivity index (χ4n) is 6.47. The molecule has 4 aliphatic heterocycles. The van der Waals surface area contributed by atoms with E-state index in [0.29, 0.717) is 49.7 Å². The average molecular weight is 508 g/mol. The highest BCUT2D eigenvalue weighted by molar-refractivity contribution is 5.91. The minimum atomic E-state index is -1.46. The molecule has 9 nitrogen and oxygen atoms in total. The van der Waals surface area contributed by atoms with E-state index < -0.39 is 17.0 Å². The maximum absolute atomic E-state index is 13.8. The van der Waals surface area contributed by atoms with E-state index in [9.17, 15) is 19.8 Å². The lowest BCUT2D eigenvalue weighted by atomic mass is 9.69. The third kappa shape index (κ3) is 3.37. The number of carbonyl (C=O) groups is 1. The number of allylic oxidation sites excluding steroid dienone is 1. The highest BCUT2D eigenvalue weighted by atomic mass is 16.5. The Hall–Kier alpha value is -3.30. The second kappa shape index (κ2) is 8.36. The number of nitrogens with zero attached hydrogens (tertiary/aromatic N) is 2. The van der Waals surface area contributed by atoms with Crippen LogP contribution in [0.2, 0.25) is 0 Å². The number of anilines is 2. The van der Waals surface area contributed by atoms with Gasteiger partial charge >= 0.3 is 5.97 Å². The minimum Gasteiger partial charge on any atom is -0.506 e. The van der Waals surface area contributed by atoms with E-state index in [1.54, 1.807) is 17.6 Å². The number of hydrogen-bond acceptors (Lipinski definition) is 8. The number of benzene rings is 1. The molecular weight excluding hydrogens is 474 g/mol. The van der Waals surface area contributed by atoms with Crippen LogP contribution >= 0.6 is 0 Å². The SMILES string of the molecule is CCC1(O)CC(=O)OCc2c1cc1n(c2=O)CC2=C1Nc1ccc(O)c(N3CCOCC3)c1C2(C)CC. The molecule has 0 amide bonds. The molecule has 1 fully saturated rings. The van der Waals surface area contributed by atoms with Crippen molar-refractivity contribution >= 4 is 23.0 Å². The molecule has 196 valence electrons. The summed E-state index contributed by atoms with van der Waals surface area (Å²) in [4.78, 5) is 28.2. The van der Waals surface area contributed by atoms with Gasteiger partial charge in [0.15, 0.2) is 0 Å².